The van der Waals surface area contributed by atoms with Crippen molar-refractivity contribution in [1.29, 1.82) is 0 Å². The first kappa shape index (κ1) is 13.2. The van der Waals surface area contributed by atoms with Crippen molar-refractivity contribution < 1.29 is 20.4 Å². The fourth-order valence-electron chi connectivity index (χ4n) is 3.53. The molecule has 0 saturated carbocycles. The summed E-state index contributed by atoms with van der Waals surface area (Å²) in [7, 11) is 0. The van der Waals surface area contributed by atoms with Crippen molar-refractivity contribution >= 4 is 6.08 Å². The van der Waals surface area contributed by atoms with E-state index in [0.717, 1.165) is 0 Å². The molecule has 0 heterocycles. The van der Waals surface area contributed by atoms with Crippen molar-refractivity contribution in [2.45, 2.75) is 37.3 Å². The van der Waals surface area contributed by atoms with Crippen molar-refractivity contribution in [3.8, 4) is 0 Å². The molecule has 0 nitrogen and oxygen atoms in total. The maximum atomic E-state index is 2.41. The molecule has 0 N–H and O–H groups in total. The number of allylic oxidation sites excluding steroid dienone is 5. The Labute approximate surface area is 127 Å². The Balaban J connectivity index is 2.18. The molecule has 0 fully saturated rings. The van der Waals surface area contributed by atoms with E-state index in [1.54, 1.807) is 0 Å². The fraction of sp³-hybridized carbons (Fsp3) is 0.333. The second-order valence-corrected chi connectivity index (χ2v) is 7.01. The molecule has 0 spiro atoms. The van der Waals surface area contributed by atoms with Gasteiger partial charge in [0.05, 0.1) is 0 Å². The van der Waals surface area contributed by atoms with Crippen LogP contribution in [-0.2, 0) is 20.4 Å². The Kier molecular flexibility index (Phi) is 3.00. The van der Waals surface area contributed by atoms with E-state index in [2.05, 4.69) is 84.5 Å². The van der Waals surface area contributed by atoms with Gasteiger partial charge in [0.1, 0.15) is 0 Å². The standard InChI is InChI=1S/C18H19.Ti/c1-11-12(2)14(4)18(13(11)3)17-10-9-15-7-5-6-8-16(15)17;/h5-10,17H,1-4H3;. The summed E-state index contributed by atoms with van der Waals surface area (Å²) >= 11 is 2.41. The minimum absolute atomic E-state index is 0.150. The van der Waals surface area contributed by atoms with Gasteiger partial charge in [-0.25, -0.2) is 0 Å². The Morgan fingerprint density at radius 2 is 1.53 bits per heavy atom. The molecule has 0 radical (unpaired) electrons. The van der Waals surface area contributed by atoms with Crippen molar-refractivity contribution in [2.75, 3.05) is 0 Å². The summed E-state index contributed by atoms with van der Waals surface area (Å²) in [6.07, 6.45) is 4.68. The summed E-state index contributed by atoms with van der Waals surface area (Å²) in [5.41, 5.74) is 8.90. The molecule has 1 aromatic carbocycles. The van der Waals surface area contributed by atoms with Crippen molar-refractivity contribution in [2.24, 2.45) is 0 Å². The van der Waals surface area contributed by atoms with Crippen LogP contribution in [0.5, 0.6) is 0 Å². The van der Waals surface area contributed by atoms with Gasteiger partial charge in [0.2, 0.25) is 0 Å². The maximum absolute atomic E-state index is 2.41. The van der Waals surface area contributed by atoms with Crippen molar-refractivity contribution in [1.82, 2.24) is 0 Å². The van der Waals surface area contributed by atoms with Crippen LogP contribution in [0.15, 0.2) is 52.6 Å². The third kappa shape index (κ3) is 1.63. The Morgan fingerprint density at radius 3 is 2.16 bits per heavy atom. The molecule has 0 aliphatic heterocycles. The van der Waals surface area contributed by atoms with Crippen LogP contribution in [0.3, 0.4) is 0 Å². The molecule has 2 aliphatic carbocycles. The van der Waals surface area contributed by atoms with Gasteiger partial charge in [-0.15, -0.1) is 0 Å². The SMILES string of the molecule is CC1=C(C)[C]([Ti])(C2C=Cc3ccccc32)C(C)=C1C. The Hall–Kier alpha value is -0.846. The number of hydrogen-bond donors (Lipinski definition) is 0. The molecule has 0 saturated heterocycles. The van der Waals surface area contributed by atoms with Gasteiger partial charge in [-0.1, -0.05) is 0 Å². The Bertz CT molecular complexity index is 619. The molecule has 0 aromatic heterocycles. The zero-order valence-electron chi connectivity index (χ0n) is 12.0. The number of benzene rings is 1. The summed E-state index contributed by atoms with van der Waals surface area (Å²) in [5.74, 6) is 0.482. The second kappa shape index (κ2) is 4.33. The van der Waals surface area contributed by atoms with Crippen LogP contribution in [0, 0.1) is 0 Å². The third-order valence-corrected chi connectivity index (χ3v) is 6.79. The normalized spacial score (nSPS) is 24.3. The average molecular weight is 283 g/mol. The van der Waals surface area contributed by atoms with Gasteiger partial charge in [-0.2, -0.15) is 0 Å². The summed E-state index contributed by atoms with van der Waals surface area (Å²) in [6, 6.07) is 8.80. The number of rotatable bonds is 1. The van der Waals surface area contributed by atoms with Crippen LogP contribution in [0.4, 0.5) is 0 Å². The van der Waals surface area contributed by atoms with Crippen molar-refractivity contribution in [3.63, 3.8) is 0 Å². The van der Waals surface area contributed by atoms with Gasteiger partial charge < -0.3 is 0 Å². The van der Waals surface area contributed by atoms with Gasteiger partial charge in [0.15, 0.2) is 0 Å². The summed E-state index contributed by atoms with van der Waals surface area (Å²) < 4.78 is 0.150. The van der Waals surface area contributed by atoms with E-state index < -0.39 is 0 Å². The van der Waals surface area contributed by atoms with E-state index in [-0.39, 0.29) is 3.72 Å². The van der Waals surface area contributed by atoms with Crippen molar-refractivity contribution in [3.05, 3.63) is 63.8 Å². The molecule has 1 aromatic rings. The van der Waals surface area contributed by atoms with Crippen LogP contribution >= 0.6 is 0 Å². The van der Waals surface area contributed by atoms with Crippen LogP contribution in [-0.4, -0.2) is 0 Å². The van der Waals surface area contributed by atoms with Crippen LogP contribution in [0.25, 0.3) is 6.08 Å². The quantitative estimate of drug-likeness (QED) is 0.622. The van der Waals surface area contributed by atoms with Crippen LogP contribution < -0.4 is 0 Å². The first-order valence-corrected chi connectivity index (χ1v) is 7.64. The first-order valence-electron chi connectivity index (χ1n) is 6.86. The van der Waals surface area contributed by atoms with Crippen LogP contribution in [0.2, 0.25) is 3.72 Å². The van der Waals surface area contributed by atoms with E-state index in [1.165, 1.54) is 33.4 Å². The second-order valence-electron chi connectivity index (χ2n) is 5.77. The molecule has 1 atom stereocenters. The van der Waals surface area contributed by atoms with Gasteiger partial charge in [0.25, 0.3) is 0 Å². The third-order valence-electron chi connectivity index (χ3n) is 5.14. The average Bonchev–Trinajstić information content (AvgIpc) is 2.92. The number of fused-ring (bicyclic) bond motifs is 1. The molecular formula is C18H19Ti. The topological polar surface area (TPSA) is 0 Å². The summed E-state index contributed by atoms with van der Waals surface area (Å²) in [4.78, 5) is 0. The van der Waals surface area contributed by atoms with E-state index in [4.69, 9.17) is 0 Å². The fourth-order valence-corrected chi connectivity index (χ4v) is 4.51. The number of hydrogen-bond acceptors (Lipinski definition) is 0. The van der Waals surface area contributed by atoms with Gasteiger partial charge >= 0.3 is 128 Å². The van der Waals surface area contributed by atoms with E-state index in [0.29, 0.717) is 5.92 Å². The van der Waals surface area contributed by atoms with Gasteiger partial charge in [-0.3, -0.25) is 0 Å². The molecule has 95 valence electrons. The minimum atomic E-state index is 0.150. The molecule has 1 unspecified atom stereocenters. The Morgan fingerprint density at radius 1 is 0.947 bits per heavy atom. The molecule has 0 amide bonds. The summed E-state index contributed by atoms with van der Waals surface area (Å²) in [5, 5.41) is 0. The van der Waals surface area contributed by atoms with Gasteiger partial charge in [-0.05, 0) is 0 Å². The predicted octanol–water partition coefficient (Wildman–Crippen LogP) is 5.19. The molecule has 3 rings (SSSR count). The van der Waals surface area contributed by atoms with Gasteiger partial charge in [0, 0.05) is 0 Å². The molecule has 19 heavy (non-hydrogen) atoms. The molecule has 1 heteroatoms. The van der Waals surface area contributed by atoms with E-state index in [9.17, 15) is 0 Å². The zero-order chi connectivity index (χ0) is 13.8. The molecule has 2 aliphatic rings. The monoisotopic (exact) mass is 283 g/mol. The zero-order valence-corrected chi connectivity index (χ0v) is 13.6. The van der Waals surface area contributed by atoms with E-state index >= 15 is 0 Å². The first-order chi connectivity index (χ1) is 8.98. The molecule has 0 bridgehead atoms. The van der Waals surface area contributed by atoms with E-state index in [1.807, 2.05) is 0 Å². The van der Waals surface area contributed by atoms with Crippen LogP contribution in [0.1, 0.15) is 44.7 Å². The molecular weight excluding hydrogens is 264 g/mol. The summed E-state index contributed by atoms with van der Waals surface area (Å²) in [6.45, 7) is 9.15. The predicted molar refractivity (Wildman–Crippen MR) is 77.7 cm³/mol.